The zero-order chi connectivity index (χ0) is 15.3. The highest BCUT2D eigenvalue weighted by Crippen LogP contribution is 2.21. The van der Waals surface area contributed by atoms with Crippen LogP contribution < -0.4 is 10.5 Å². The summed E-state index contributed by atoms with van der Waals surface area (Å²) in [5, 5.41) is 9.42. The predicted molar refractivity (Wildman–Crippen MR) is 86.8 cm³/mol. The van der Waals surface area contributed by atoms with Crippen LogP contribution in [0.25, 0.3) is 0 Å². The molecule has 1 saturated carbocycles. The molecule has 0 radical (unpaired) electrons. The van der Waals surface area contributed by atoms with E-state index in [0.717, 1.165) is 4.90 Å². The normalized spacial score (nSPS) is 23.1. The van der Waals surface area contributed by atoms with Crippen molar-refractivity contribution in [1.29, 1.82) is 0 Å². The first-order valence-electron chi connectivity index (χ1n) is 7.11. The van der Waals surface area contributed by atoms with Gasteiger partial charge in [0.2, 0.25) is 10.0 Å². The molecule has 2 rings (SSSR count). The van der Waals surface area contributed by atoms with Crippen molar-refractivity contribution in [3.05, 3.63) is 24.3 Å². The molecule has 4 N–H and O–H groups in total. The van der Waals surface area contributed by atoms with Gasteiger partial charge in [-0.2, -0.15) is 0 Å². The Hall–Kier alpha value is -0.760. The van der Waals surface area contributed by atoms with Crippen molar-refractivity contribution in [3.8, 4) is 0 Å². The van der Waals surface area contributed by atoms with Crippen LogP contribution in [0.1, 0.15) is 25.7 Å². The van der Waals surface area contributed by atoms with Gasteiger partial charge in [-0.05, 0) is 49.9 Å². The minimum Gasteiger partial charge on any atom is -0.399 e. The number of anilines is 1. The van der Waals surface area contributed by atoms with Gasteiger partial charge in [-0.1, -0.05) is 0 Å². The summed E-state index contributed by atoms with van der Waals surface area (Å²) in [5.74, 6) is 0.607. The first-order valence-corrected chi connectivity index (χ1v) is 9.75. The summed E-state index contributed by atoms with van der Waals surface area (Å²) in [6.45, 7) is 0. The molecule has 0 spiro atoms. The van der Waals surface area contributed by atoms with Crippen molar-refractivity contribution in [1.82, 2.24) is 4.72 Å². The van der Waals surface area contributed by atoms with Gasteiger partial charge < -0.3 is 10.8 Å². The summed E-state index contributed by atoms with van der Waals surface area (Å²) in [4.78, 5) is 1.01. The number of nitrogens with two attached hydrogens (primary N) is 1. The third kappa shape index (κ3) is 5.86. The minimum absolute atomic E-state index is 0.0278. The maximum absolute atomic E-state index is 12.0. The smallest absolute Gasteiger partial charge is 0.212 e. The Morgan fingerprint density at radius 2 is 1.81 bits per heavy atom. The topological polar surface area (TPSA) is 92.4 Å². The van der Waals surface area contributed by atoms with Crippen molar-refractivity contribution in [2.24, 2.45) is 0 Å². The van der Waals surface area contributed by atoms with Crippen LogP contribution in [-0.4, -0.2) is 37.2 Å². The van der Waals surface area contributed by atoms with E-state index in [1.165, 1.54) is 11.8 Å². The van der Waals surface area contributed by atoms with Gasteiger partial charge >= 0.3 is 0 Å². The minimum atomic E-state index is -3.25. The average Bonchev–Trinajstić information content (AvgIpc) is 2.43. The van der Waals surface area contributed by atoms with Crippen LogP contribution in [0.2, 0.25) is 0 Å². The van der Waals surface area contributed by atoms with E-state index in [1.54, 1.807) is 0 Å². The first kappa shape index (κ1) is 16.6. The standard InChI is InChI=1S/C14H22N2O3S2/c15-11-1-7-14(8-2-11)20-9-10-21(18,19)16-12-3-5-13(17)6-4-12/h1-2,7-8,12-13,16-17H,3-6,9-10,15H2. The van der Waals surface area contributed by atoms with E-state index in [0.29, 0.717) is 37.1 Å². The van der Waals surface area contributed by atoms with Crippen LogP contribution in [0.4, 0.5) is 5.69 Å². The number of sulfonamides is 1. The molecule has 0 amide bonds. The van der Waals surface area contributed by atoms with Gasteiger partial charge in [0, 0.05) is 22.4 Å². The first-order chi connectivity index (χ1) is 9.94. The molecule has 1 aromatic rings. The maximum atomic E-state index is 12.0. The quantitative estimate of drug-likeness (QED) is 0.544. The molecule has 7 heteroatoms. The Bertz CT molecular complexity index is 538. The number of nitrogens with one attached hydrogen (secondary N) is 1. The molecule has 0 saturated heterocycles. The highest BCUT2D eigenvalue weighted by atomic mass is 32.2. The van der Waals surface area contributed by atoms with Crippen LogP contribution in [0.15, 0.2) is 29.2 Å². The van der Waals surface area contributed by atoms with Crippen molar-refractivity contribution in [3.63, 3.8) is 0 Å². The highest BCUT2D eigenvalue weighted by molar-refractivity contribution is 8.00. The molecule has 0 atom stereocenters. The van der Waals surface area contributed by atoms with Gasteiger partial charge in [0.15, 0.2) is 0 Å². The fourth-order valence-corrected chi connectivity index (χ4v) is 4.98. The van der Waals surface area contributed by atoms with E-state index in [1.807, 2.05) is 24.3 Å². The molecule has 1 aromatic carbocycles. The summed E-state index contributed by atoms with van der Waals surface area (Å²) in [6.07, 6.45) is 2.50. The van der Waals surface area contributed by atoms with E-state index in [9.17, 15) is 13.5 Å². The molecule has 1 aliphatic carbocycles. The molecule has 0 heterocycles. The summed E-state index contributed by atoms with van der Waals surface area (Å²) >= 11 is 1.50. The summed E-state index contributed by atoms with van der Waals surface area (Å²) in [6, 6.07) is 7.37. The van der Waals surface area contributed by atoms with Crippen molar-refractivity contribution in [2.75, 3.05) is 17.2 Å². The van der Waals surface area contributed by atoms with Crippen LogP contribution in [-0.2, 0) is 10.0 Å². The second-order valence-electron chi connectivity index (χ2n) is 5.36. The van der Waals surface area contributed by atoms with Crippen molar-refractivity contribution < 1.29 is 13.5 Å². The van der Waals surface area contributed by atoms with E-state index in [-0.39, 0.29) is 17.9 Å². The zero-order valence-corrected chi connectivity index (χ0v) is 13.5. The lowest BCUT2D eigenvalue weighted by molar-refractivity contribution is 0.120. The van der Waals surface area contributed by atoms with Gasteiger partial charge in [0.1, 0.15) is 0 Å². The second kappa shape index (κ2) is 7.49. The Labute approximate surface area is 130 Å². The van der Waals surface area contributed by atoms with Gasteiger partial charge in [-0.25, -0.2) is 13.1 Å². The number of aliphatic hydroxyl groups is 1. The van der Waals surface area contributed by atoms with E-state index in [2.05, 4.69) is 4.72 Å². The van der Waals surface area contributed by atoms with Crippen molar-refractivity contribution in [2.45, 2.75) is 42.7 Å². The number of aliphatic hydroxyl groups excluding tert-OH is 1. The van der Waals surface area contributed by atoms with Gasteiger partial charge in [0.05, 0.1) is 11.9 Å². The molecule has 21 heavy (non-hydrogen) atoms. The number of thioether (sulfide) groups is 1. The summed E-state index contributed by atoms with van der Waals surface area (Å²) in [5.41, 5.74) is 6.31. The molecular weight excluding hydrogens is 308 g/mol. The van der Waals surface area contributed by atoms with Gasteiger partial charge in [0.25, 0.3) is 0 Å². The molecule has 0 aromatic heterocycles. The van der Waals surface area contributed by atoms with E-state index in [4.69, 9.17) is 5.73 Å². The Kier molecular flexibility index (Phi) is 5.92. The molecule has 118 valence electrons. The molecular formula is C14H22N2O3S2. The summed E-state index contributed by atoms with van der Waals surface area (Å²) in [7, 11) is -3.25. The fraction of sp³-hybridized carbons (Fsp3) is 0.571. The van der Waals surface area contributed by atoms with Crippen LogP contribution in [0, 0.1) is 0 Å². The van der Waals surface area contributed by atoms with Gasteiger partial charge in [-0.15, -0.1) is 11.8 Å². The average molecular weight is 330 g/mol. The molecule has 5 nitrogen and oxygen atoms in total. The van der Waals surface area contributed by atoms with Crippen molar-refractivity contribution >= 4 is 27.5 Å². The van der Waals surface area contributed by atoms with E-state index >= 15 is 0 Å². The van der Waals surface area contributed by atoms with E-state index < -0.39 is 10.0 Å². The Morgan fingerprint density at radius 3 is 2.43 bits per heavy atom. The lowest BCUT2D eigenvalue weighted by Gasteiger charge is -2.25. The Morgan fingerprint density at radius 1 is 1.19 bits per heavy atom. The zero-order valence-electron chi connectivity index (χ0n) is 11.9. The monoisotopic (exact) mass is 330 g/mol. The SMILES string of the molecule is Nc1ccc(SCCS(=O)(=O)NC2CCC(O)CC2)cc1. The second-order valence-corrected chi connectivity index (χ2v) is 8.40. The molecule has 1 fully saturated rings. The number of hydrogen-bond donors (Lipinski definition) is 3. The molecule has 0 bridgehead atoms. The van der Waals surface area contributed by atoms with Crippen LogP contribution >= 0.6 is 11.8 Å². The summed E-state index contributed by atoms with van der Waals surface area (Å²) < 4.78 is 26.8. The van der Waals surface area contributed by atoms with Crippen LogP contribution in [0.3, 0.4) is 0 Å². The largest absolute Gasteiger partial charge is 0.399 e. The third-order valence-electron chi connectivity index (χ3n) is 3.54. The number of nitrogen functional groups attached to an aromatic ring is 1. The molecule has 0 aliphatic heterocycles. The number of benzene rings is 1. The van der Waals surface area contributed by atoms with Crippen LogP contribution in [0.5, 0.6) is 0 Å². The fourth-order valence-electron chi connectivity index (χ4n) is 2.34. The molecule has 1 aliphatic rings. The lowest BCUT2D eigenvalue weighted by atomic mass is 9.94. The highest BCUT2D eigenvalue weighted by Gasteiger charge is 2.23. The van der Waals surface area contributed by atoms with Gasteiger partial charge in [-0.3, -0.25) is 0 Å². The third-order valence-corrected chi connectivity index (χ3v) is 6.25. The number of hydrogen-bond acceptors (Lipinski definition) is 5. The molecule has 0 unspecified atom stereocenters. The lowest BCUT2D eigenvalue weighted by Crippen LogP contribution is -2.40. The number of rotatable bonds is 6. The predicted octanol–water partition coefficient (Wildman–Crippen LogP) is 1.58. The Balaban J connectivity index is 1.74. The maximum Gasteiger partial charge on any atom is 0.212 e.